The number of rotatable bonds is 5. The summed E-state index contributed by atoms with van der Waals surface area (Å²) in [6.07, 6.45) is 7.35. The van der Waals surface area contributed by atoms with E-state index in [4.69, 9.17) is 23.2 Å². The Hall–Kier alpha value is -1.89. The van der Waals surface area contributed by atoms with Gasteiger partial charge in [-0.2, -0.15) is 0 Å². The van der Waals surface area contributed by atoms with Crippen LogP contribution in [0.25, 0.3) is 0 Å². The second-order valence-corrected chi connectivity index (χ2v) is 7.10. The van der Waals surface area contributed by atoms with E-state index in [1.165, 1.54) is 11.3 Å². The minimum atomic E-state index is -0.359. The highest BCUT2D eigenvalue weighted by Crippen LogP contribution is 2.29. The lowest BCUT2D eigenvalue weighted by atomic mass is 10.1. The van der Waals surface area contributed by atoms with Gasteiger partial charge in [-0.1, -0.05) is 35.3 Å². The van der Waals surface area contributed by atoms with Crippen molar-refractivity contribution in [1.82, 2.24) is 14.5 Å². The zero-order chi connectivity index (χ0) is 17.1. The molecule has 0 fully saturated rings. The van der Waals surface area contributed by atoms with E-state index in [-0.39, 0.29) is 11.9 Å². The molecule has 3 rings (SSSR count). The molecule has 0 aliphatic rings. The van der Waals surface area contributed by atoms with Gasteiger partial charge in [-0.05, 0) is 18.6 Å². The Morgan fingerprint density at radius 2 is 2.25 bits per heavy atom. The summed E-state index contributed by atoms with van der Waals surface area (Å²) in [4.78, 5) is 21.4. The van der Waals surface area contributed by atoms with E-state index in [1.54, 1.807) is 42.5 Å². The Balaban J connectivity index is 1.67. The molecule has 0 radical (unpaired) electrons. The zero-order valence-electron chi connectivity index (χ0n) is 12.7. The SMILES string of the molecule is C[C@@H](C(=O)Nc1ncc(Cc2cccc(Cl)c2Cl)s1)n1ccnc1. The summed E-state index contributed by atoms with van der Waals surface area (Å²) in [7, 11) is 0. The van der Waals surface area contributed by atoms with Gasteiger partial charge in [0, 0.05) is 29.9 Å². The van der Waals surface area contributed by atoms with Crippen molar-refractivity contribution in [1.29, 1.82) is 0 Å². The number of nitrogens with zero attached hydrogens (tertiary/aromatic N) is 3. The quantitative estimate of drug-likeness (QED) is 0.711. The molecular weight excluding hydrogens is 367 g/mol. The van der Waals surface area contributed by atoms with Crippen LogP contribution >= 0.6 is 34.5 Å². The van der Waals surface area contributed by atoms with Gasteiger partial charge in [-0.25, -0.2) is 9.97 Å². The number of amides is 1. The summed E-state index contributed by atoms with van der Waals surface area (Å²) in [6.45, 7) is 1.80. The van der Waals surface area contributed by atoms with Crippen LogP contribution < -0.4 is 5.32 Å². The molecule has 2 heterocycles. The van der Waals surface area contributed by atoms with Gasteiger partial charge in [-0.3, -0.25) is 4.79 Å². The topological polar surface area (TPSA) is 59.8 Å². The molecule has 2 aromatic heterocycles. The molecule has 3 aromatic rings. The van der Waals surface area contributed by atoms with Crippen molar-refractivity contribution in [2.24, 2.45) is 0 Å². The summed E-state index contributed by atoms with van der Waals surface area (Å²) in [6, 6.07) is 5.18. The van der Waals surface area contributed by atoms with E-state index < -0.39 is 0 Å². The van der Waals surface area contributed by atoms with E-state index in [1.807, 2.05) is 12.1 Å². The molecular formula is C16H14Cl2N4OS. The molecule has 0 saturated heterocycles. The number of imidazole rings is 1. The number of halogens is 2. The Labute approximate surface area is 153 Å². The molecule has 0 aliphatic heterocycles. The maximum Gasteiger partial charge on any atom is 0.248 e. The van der Waals surface area contributed by atoms with Crippen LogP contribution in [0.4, 0.5) is 5.13 Å². The van der Waals surface area contributed by atoms with Crippen LogP contribution in [0.1, 0.15) is 23.4 Å². The van der Waals surface area contributed by atoms with Crippen molar-refractivity contribution >= 4 is 45.6 Å². The summed E-state index contributed by atoms with van der Waals surface area (Å²) in [5.74, 6) is -0.144. The largest absolute Gasteiger partial charge is 0.325 e. The third-order valence-corrected chi connectivity index (χ3v) is 5.30. The second kappa shape index (κ2) is 7.34. The molecule has 8 heteroatoms. The highest BCUT2D eigenvalue weighted by molar-refractivity contribution is 7.15. The summed E-state index contributed by atoms with van der Waals surface area (Å²) in [5.41, 5.74) is 0.928. The maximum atomic E-state index is 12.2. The molecule has 0 saturated carbocycles. The highest BCUT2D eigenvalue weighted by atomic mass is 35.5. The highest BCUT2D eigenvalue weighted by Gasteiger charge is 2.16. The molecule has 1 atom stereocenters. The van der Waals surface area contributed by atoms with Gasteiger partial charge in [0.2, 0.25) is 5.91 Å². The fourth-order valence-electron chi connectivity index (χ4n) is 2.16. The molecule has 0 aliphatic carbocycles. The van der Waals surface area contributed by atoms with Gasteiger partial charge in [0.25, 0.3) is 0 Å². The predicted octanol–water partition coefficient (Wildman–Crippen LogP) is 4.44. The first-order valence-corrected chi connectivity index (χ1v) is 8.77. The van der Waals surface area contributed by atoms with Crippen LogP contribution in [0.3, 0.4) is 0 Å². The Bertz CT molecular complexity index is 848. The van der Waals surface area contributed by atoms with Crippen LogP contribution in [-0.4, -0.2) is 20.4 Å². The van der Waals surface area contributed by atoms with Crippen molar-refractivity contribution in [2.75, 3.05) is 5.32 Å². The van der Waals surface area contributed by atoms with Crippen LogP contribution in [-0.2, 0) is 11.2 Å². The van der Waals surface area contributed by atoms with E-state index in [0.717, 1.165) is 10.4 Å². The molecule has 24 heavy (non-hydrogen) atoms. The molecule has 124 valence electrons. The Kier molecular flexibility index (Phi) is 5.18. The second-order valence-electron chi connectivity index (χ2n) is 5.20. The third-order valence-electron chi connectivity index (χ3n) is 3.53. The normalized spacial score (nSPS) is 12.1. The number of nitrogens with one attached hydrogen (secondary N) is 1. The number of hydrogen-bond acceptors (Lipinski definition) is 4. The molecule has 1 amide bonds. The summed E-state index contributed by atoms with van der Waals surface area (Å²) >= 11 is 13.7. The molecule has 1 N–H and O–H groups in total. The van der Waals surface area contributed by atoms with Gasteiger partial charge in [0.05, 0.1) is 16.4 Å². The monoisotopic (exact) mass is 380 g/mol. The van der Waals surface area contributed by atoms with E-state index in [0.29, 0.717) is 21.6 Å². The summed E-state index contributed by atoms with van der Waals surface area (Å²) < 4.78 is 1.73. The zero-order valence-corrected chi connectivity index (χ0v) is 15.1. The lowest BCUT2D eigenvalue weighted by Crippen LogP contribution is -2.22. The van der Waals surface area contributed by atoms with E-state index >= 15 is 0 Å². The Morgan fingerprint density at radius 1 is 1.42 bits per heavy atom. The van der Waals surface area contributed by atoms with Gasteiger partial charge < -0.3 is 9.88 Å². The minimum absolute atomic E-state index is 0.144. The smallest absolute Gasteiger partial charge is 0.248 e. The Morgan fingerprint density at radius 3 is 3.00 bits per heavy atom. The van der Waals surface area contributed by atoms with Gasteiger partial charge >= 0.3 is 0 Å². The van der Waals surface area contributed by atoms with Crippen molar-refractivity contribution < 1.29 is 4.79 Å². The molecule has 1 aromatic carbocycles. The van der Waals surface area contributed by atoms with Crippen molar-refractivity contribution in [3.05, 3.63) is 63.6 Å². The first-order valence-electron chi connectivity index (χ1n) is 7.20. The number of anilines is 1. The number of benzene rings is 1. The van der Waals surface area contributed by atoms with Crippen LogP contribution in [0.2, 0.25) is 10.0 Å². The lowest BCUT2D eigenvalue weighted by molar-refractivity contribution is -0.118. The van der Waals surface area contributed by atoms with Crippen LogP contribution in [0, 0.1) is 0 Å². The van der Waals surface area contributed by atoms with Crippen molar-refractivity contribution in [3.8, 4) is 0 Å². The standard InChI is InChI=1S/C16H14Cl2N4OS/c1-10(22-6-5-19-9-22)15(23)21-16-20-8-12(24-16)7-11-3-2-4-13(17)14(11)18/h2-6,8-10H,7H2,1H3,(H,20,21,23)/t10-/m0/s1. The fourth-order valence-corrected chi connectivity index (χ4v) is 3.39. The molecule has 0 spiro atoms. The van der Waals surface area contributed by atoms with Gasteiger partial charge in [0.15, 0.2) is 5.13 Å². The maximum absolute atomic E-state index is 12.2. The first kappa shape index (κ1) is 17.0. The molecule has 0 bridgehead atoms. The third kappa shape index (κ3) is 3.77. The number of carbonyl (C=O) groups excluding carboxylic acids is 1. The average Bonchev–Trinajstić information content (AvgIpc) is 3.23. The van der Waals surface area contributed by atoms with E-state index in [2.05, 4.69) is 15.3 Å². The lowest BCUT2D eigenvalue weighted by Gasteiger charge is -2.11. The molecule has 5 nitrogen and oxygen atoms in total. The minimum Gasteiger partial charge on any atom is -0.325 e. The molecule has 0 unspecified atom stereocenters. The van der Waals surface area contributed by atoms with Crippen molar-refractivity contribution in [3.63, 3.8) is 0 Å². The van der Waals surface area contributed by atoms with Gasteiger partial charge in [0.1, 0.15) is 6.04 Å². The number of aromatic nitrogens is 3. The van der Waals surface area contributed by atoms with Crippen LogP contribution in [0.5, 0.6) is 0 Å². The fraction of sp³-hybridized carbons (Fsp3) is 0.188. The number of carbonyl (C=O) groups is 1. The van der Waals surface area contributed by atoms with Crippen LogP contribution in [0.15, 0.2) is 43.1 Å². The van der Waals surface area contributed by atoms with Gasteiger partial charge in [-0.15, -0.1) is 11.3 Å². The predicted molar refractivity (Wildman–Crippen MR) is 96.9 cm³/mol. The van der Waals surface area contributed by atoms with Crippen molar-refractivity contribution in [2.45, 2.75) is 19.4 Å². The average molecular weight is 381 g/mol. The first-order chi connectivity index (χ1) is 11.5. The summed E-state index contributed by atoms with van der Waals surface area (Å²) in [5, 5.41) is 4.46. The van der Waals surface area contributed by atoms with E-state index in [9.17, 15) is 4.79 Å². The number of thiazole rings is 1. The number of hydrogen-bond donors (Lipinski definition) is 1.